The van der Waals surface area contributed by atoms with Gasteiger partial charge in [0.15, 0.2) is 13.2 Å². The molecule has 0 fully saturated rings. The van der Waals surface area contributed by atoms with Gasteiger partial charge < -0.3 is 29.2 Å². The van der Waals surface area contributed by atoms with Gasteiger partial charge in [0, 0.05) is 34.8 Å². The van der Waals surface area contributed by atoms with E-state index in [9.17, 15) is 19.8 Å². The number of carbonyl (C=O) groups excluding carboxylic acids is 2. The standard InChI is InChI=1S/C26H30O8S/c1-17(2)23(27)33-25(5,29)15-31-19-7-11-21(12-8-19)35-22-13-9-20(10-14-22)32-16-26(6,30)34-24(28)18(3)4/h7-14,29-30H,1,3,15-16H2,2,4-6H3. The first kappa shape index (κ1) is 28.0. The number of ether oxygens (including phenoxy) is 4. The highest BCUT2D eigenvalue weighted by Crippen LogP contribution is 2.30. The van der Waals surface area contributed by atoms with Crippen molar-refractivity contribution >= 4 is 23.7 Å². The third kappa shape index (κ3) is 9.86. The molecule has 2 rings (SSSR count). The highest BCUT2D eigenvalue weighted by molar-refractivity contribution is 7.99. The third-order valence-electron chi connectivity index (χ3n) is 4.22. The van der Waals surface area contributed by atoms with Crippen molar-refractivity contribution in [2.24, 2.45) is 0 Å². The van der Waals surface area contributed by atoms with E-state index in [0.29, 0.717) is 11.5 Å². The lowest BCUT2D eigenvalue weighted by atomic mass is 10.3. The zero-order valence-electron chi connectivity index (χ0n) is 20.2. The third-order valence-corrected chi connectivity index (χ3v) is 5.23. The Morgan fingerprint density at radius 2 is 1.06 bits per heavy atom. The van der Waals surface area contributed by atoms with E-state index in [4.69, 9.17) is 18.9 Å². The molecule has 0 spiro atoms. The van der Waals surface area contributed by atoms with Crippen molar-refractivity contribution in [1.29, 1.82) is 0 Å². The minimum Gasteiger partial charge on any atom is -0.487 e. The number of aliphatic hydroxyl groups is 2. The second kappa shape index (κ2) is 11.9. The van der Waals surface area contributed by atoms with Crippen molar-refractivity contribution in [2.45, 2.75) is 49.1 Å². The fourth-order valence-electron chi connectivity index (χ4n) is 2.41. The molecule has 0 saturated carbocycles. The fourth-order valence-corrected chi connectivity index (χ4v) is 3.23. The lowest BCUT2D eigenvalue weighted by Gasteiger charge is -2.23. The van der Waals surface area contributed by atoms with Crippen LogP contribution >= 0.6 is 11.8 Å². The molecule has 2 aromatic rings. The first-order valence-electron chi connectivity index (χ1n) is 10.6. The molecule has 0 radical (unpaired) electrons. The Labute approximate surface area is 209 Å². The Balaban J connectivity index is 1.86. The summed E-state index contributed by atoms with van der Waals surface area (Å²) in [6.45, 7) is 12.1. The van der Waals surface area contributed by atoms with Gasteiger partial charge in [0.25, 0.3) is 0 Å². The summed E-state index contributed by atoms with van der Waals surface area (Å²) in [5.74, 6) is -3.95. The van der Waals surface area contributed by atoms with Gasteiger partial charge in [-0.1, -0.05) is 24.9 Å². The lowest BCUT2D eigenvalue weighted by molar-refractivity contribution is -0.208. The van der Waals surface area contributed by atoms with Crippen molar-refractivity contribution in [3.8, 4) is 11.5 Å². The van der Waals surface area contributed by atoms with E-state index in [2.05, 4.69) is 13.2 Å². The minimum absolute atomic E-state index is 0.183. The lowest BCUT2D eigenvalue weighted by Crippen LogP contribution is -2.38. The summed E-state index contributed by atoms with van der Waals surface area (Å²) in [4.78, 5) is 25.0. The summed E-state index contributed by atoms with van der Waals surface area (Å²) in [6.07, 6.45) is 0. The van der Waals surface area contributed by atoms with Crippen LogP contribution in [0.1, 0.15) is 27.7 Å². The van der Waals surface area contributed by atoms with Gasteiger partial charge in [-0.25, -0.2) is 9.59 Å². The molecule has 2 unspecified atom stereocenters. The highest BCUT2D eigenvalue weighted by atomic mass is 32.2. The van der Waals surface area contributed by atoms with Gasteiger partial charge in [0.2, 0.25) is 11.6 Å². The van der Waals surface area contributed by atoms with Crippen molar-refractivity contribution in [2.75, 3.05) is 13.2 Å². The van der Waals surface area contributed by atoms with Crippen LogP contribution in [0.15, 0.2) is 82.6 Å². The molecule has 0 aliphatic carbocycles. The SMILES string of the molecule is C=C(C)C(=O)OC(C)(O)COc1ccc(Sc2ccc(OCC(C)(O)OC(=O)C(=C)C)cc2)cc1. The topological polar surface area (TPSA) is 112 Å². The van der Waals surface area contributed by atoms with Crippen molar-refractivity contribution in [3.63, 3.8) is 0 Å². The molecule has 0 bridgehead atoms. The smallest absolute Gasteiger partial charge is 0.335 e. The summed E-state index contributed by atoms with van der Waals surface area (Å²) >= 11 is 1.51. The monoisotopic (exact) mass is 502 g/mol. The Morgan fingerprint density at radius 1 is 0.743 bits per heavy atom. The van der Waals surface area contributed by atoms with Crippen LogP contribution in [0.2, 0.25) is 0 Å². The van der Waals surface area contributed by atoms with Crippen LogP contribution in [0.3, 0.4) is 0 Å². The van der Waals surface area contributed by atoms with Crippen molar-refractivity contribution < 1.29 is 38.7 Å². The molecular weight excluding hydrogens is 472 g/mol. The Bertz CT molecular complexity index is 970. The summed E-state index contributed by atoms with van der Waals surface area (Å²) in [5.41, 5.74) is 0.365. The largest absolute Gasteiger partial charge is 0.487 e. The number of carbonyl (C=O) groups is 2. The van der Waals surface area contributed by atoms with E-state index >= 15 is 0 Å². The first-order chi connectivity index (χ1) is 16.3. The average Bonchev–Trinajstić information content (AvgIpc) is 2.77. The van der Waals surface area contributed by atoms with E-state index in [-0.39, 0.29) is 24.4 Å². The molecule has 8 nitrogen and oxygen atoms in total. The van der Waals surface area contributed by atoms with Crippen LogP contribution in [0, 0.1) is 0 Å². The molecular formula is C26H30O8S. The van der Waals surface area contributed by atoms with Gasteiger partial charge in [0.1, 0.15) is 11.5 Å². The summed E-state index contributed by atoms with van der Waals surface area (Å²) in [7, 11) is 0. The van der Waals surface area contributed by atoms with Crippen LogP contribution in [-0.4, -0.2) is 46.9 Å². The zero-order chi connectivity index (χ0) is 26.2. The van der Waals surface area contributed by atoms with E-state index in [1.54, 1.807) is 24.3 Å². The van der Waals surface area contributed by atoms with Crippen molar-refractivity contribution in [3.05, 3.63) is 72.8 Å². The maximum absolute atomic E-state index is 11.6. The molecule has 0 aromatic heterocycles. The quantitative estimate of drug-likeness (QED) is 0.250. The number of rotatable bonds is 12. The van der Waals surface area contributed by atoms with Gasteiger partial charge in [-0.3, -0.25) is 0 Å². The van der Waals surface area contributed by atoms with E-state index in [0.717, 1.165) is 9.79 Å². The Hall–Kier alpha value is -3.27. The molecule has 0 amide bonds. The van der Waals surface area contributed by atoms with Gasteiger partial charge in [0.05, 0.1) is 0 Å². The maximum atomic E-state index is 11.6. The van der Waals surface area contributed by atoms with Crippen LogP contribution in [-0.2, 0) is 19.1 Å². The zero-order valence-corrected chi connectivity index (χ0v) is 21.0. The Morgan fingerprint density at radius 3 is 1.34 bits per heavy atom. The molecule has 188 valence electrons. The number of hydrogen-bond acceptors (Lipinski definition) is 9. The van der Waals surface area contributed by atoms with E-state index < -0.39 is 23.5 Å². The highest BCUT2D eigenvalue weighted by Gasteiger charge is 2.27. The predicted octanol–water partition coefficient (Wildman–Crippen LogP) is 4.25. The second-order valence-corrected chi connectivity index (χ2v) is 9.46. The van der Waals surface area contributed by atoms with E-state index in [1.165, 1.54) is 39.5 Å². The molecule has 0 heterocycles. The van der Waals surface area contributed by atoms with Crippen LogP contribution in [0.25, 0.3) is 0 Å². The number of benzene rings is 2. The van der Waals surface area contributed by atoms with Crippen LogP contribution in [0.5, 0.6) is 11.5 Å². The summed E-state index contributed by atoms with van der Waals surface area (Å²) < 4.78 is 20.9. The van der Waals surface area contributed by atoms with Crippen molar-refractivity contribution in [1.82, 2.24) is 0 Å². The minimum atomic E-state index is -1.78. The molecule has 35 heavy (non-hydrogen) atoms. The number of hydrogen-bond donors (Lipinski definition) is 2. The van der Waals surface area contributed by atoms with Crippen LogP contribution < -0.4 is 9.47 Å². The van der Waals surface area contributed by atoms with Gasteiger partial charge >= 0.3 is 11.9 Å². The van der Waals surface area contributed by atoms with Crippen LogP contribution in [0.4, 0.5) is 0 Å². The number of esters is 2. The molecule has 9 heteroatoms. The summed E-state index contributed by atoms with van der Waals surface area (Å²) in [5, 5.41) is 20.3. The maximum Gasteiger partial charge on any atom is 0.335 e. The van der Waals surface area contributed by atoms with E-state index in [1.807, 2.05) is 24.3 Å². The van der Waals surface area contributed by atoms with Gasteiger partial charge in [-0.15, -0.1) is 0 Å². The van der Waals surface area contributed by atoms with Gasteiger partial charge in [-0.2, -0.15) is 0 Å². The summed E-state index contributed by atoms with van der Waals surface area (Å²) in [6, 6.07) is 14.4. The molecule has 2 N–H and O–H groups in total. The van der Waals surface area contributed by atoms with Gasteiger partial charge in [-0.05, 0) is 62.4 Å². The molecule has 2 aromatic carbocycles. The average molecular weight is 503 g/mol. The predicted molar refractivity (Wildman–Crippen MR) is 131 cm³/mol. The fraction of sp³-hybridized carbons (Fsp3) is 0.308. The normalized spacial score (nSPS) is 14.1. The molecule has 0 aliphatic heterocycles. The molecule has 0 aliphatic rings. The Kier molecular flexibility index (Phi) is 9.53. The molecule has 2 atom stereocenters. The second-order valence-electron chi connectivity index (χ2n) is 8.31. The first-order valence-corrected chi connectivity index (χ1v) is 11.4. The molecule has 0 saturated heterocycles.